The van der Waals surface area contributed by atoms with Crippen LogP contribution in [0.25, 0.3) is 10.9 Å². The number of hydrogen-bond acceptors (Lipinski definition) is 1. The van der Waals surface area contributed by atoms with E-state index in [0.29, 0.717) is 0 Å². The first-order chi connectivity index (χ1) is 7.87. The minimum Gasteiger partial charge on any atom is -0.348 e. The van der Waals surface area contributed by atoms with Crippen LogP contribution in [0.4, 0.5) is 0 Å². The van der Waals surface area contributed by atoms with Crippen molar-refractivity contribution in [3.8, 4) is 0 Å². The highest BCUT2D eigenvalue weighted by Gasteiger charge is 2.11. The summed E-state index contributed by atoms with van der Waals surface area (Å²) in [5.41, 5.74) is 9.92. The fraction of sp³-hybridized carbons (Fsp3) is 0.467. The van der Waals surface area contributed by atoms with Crippen LogP contribution in [0.15, 0.2) is 24.3 Å². The Labute approximate surface area is 103 Å². The predicted octanol–water partition coefficient (Wildman–Crippen LogP) is 3.16. The fourth-order valence-electron chi connectivity index (χ4n) is 2.16. The van der Waals surface area contributed by atoms with Gasteiger partial charge in [0.15, 0.2) is 0 Å². The zero-order valence-electron chi connectivity index (χ0n) is 11.2. The van der Waals surface area contributed by atoms with Crippen molar-refractivity contribution in [3.63, 3.8) is 0 Å². The highest BCUT2D eigenvalue weighted by atomic mass is 14.9. The van der Waals surface area contributed by atoms with E-state index in [4.69, 9.17) is 5.73 Å². The number of rotatable bonds is 3. The molecule has 0 aliphatic heterocycles. The number of aryl methyl sites for hydroxylation is 3. The Hall–Kier alpha value is -1.28. The van der Waals surface area contributed by atoms with Crippen molar-refractivity contribution in [2.75, 3.05) is 0 Å². The molecule has 92 valence electrons. The number of aromatic nitrogens is 1. The van der Waals surface area contributed by atoms with E-state index in [1.54, 1.807) is 0 Å². The van der Waals surface area contributed by atoms with Crippen LogP contribution in [0.2, 0.25) is 0 Å². The molecule has 2 nitrogen and oxygen atoms in total. The van der Waals surface area contributed by atoms with E-state index < -0.39 is 0 Å². The van der Waals surface area contributed by atoms with Crippen LogP contribution in [-0.4, -0.2) is 10.1 Å². The lowest BCUT2D eigenvalue weighted by Crippen LogP contribution is -2.32. The minimum atomic E-state index is -0.0818. The third-order valence-corrected chi connectivity index (χ3v) is 3.40. The van der Waals surface area contributed by atoms with E-state index in [2.05, 4.69) is 56.7 Å². The quantitative estimate of drug-likeness (QED) is 0.862. The van der Waals surface area contributed by atoms with Crippen molar-refractivity contribution >= 4 is 10.9 Å². The number of benzene rings is 1. The maximum Gasteiger partial charge on any atom is 0.0479 e. The molecule has 2 aromatic rings. The summed E-state index contributed by atoms with van der Waals surface area (Å²) in [4.78, 5) is 0. The molecule has 2 heteroatoms. The summed E-state index contributed by atoms with van der Waals surface area (Å²) in [6, 6.07) is 8.95. The molecule has 0 aliphatic carbocycles. The maximum atomic E-state index is 6.02. The van der Waals surface area contributed by atoms with Crippen LogP contribution in [-0.2, 0) is 13.5 Å². The molecular weight excluding hydrogens is 208 g/mol. The third-order valence-electron chi connectivity index (χ3n) is 3.40. The van der Waals surface area contributed by atoms with Gasteiger partial charge in [-0.3, -0.25) is 0 Å². The lowest BCUT2D eigenvalue weighted by Gasteiger charge is -2.17. The van der Waals surface area contributed by atoms with E-state index in [-0.39, 0.29) is 5.54 Å². The van der Waals surface area contributed by atoms with Gasteiger partial charge in [0.1, 0.15) is 0 Å². The molecule has 0 spiro atoms. The molecule has 0 amide bonds. The molecule has 0 bridgehead atoms. The Morgan fingerprint density at radius 1 is 1.24 bits per heavy atom. The van der Waals surface area contributed by atoms with Gasteiger partial charge in [-0.05, 0) is 57.4 Å². The van der Waals surface area contributed by atoms with Crippen molar-refractivity contribution in [1.82, 2.24) is 4.57 Å². The average molecular weight is 230 g/mol. The van der Waals surface area contributed by atoms with Crippen molar-refractivity contribution in [3.05, 3.63) is 35.5 Å². The van der Waals surface area contributed by atoms with E-state index in [1.807, 2.05) is 0 Å². The number of nitrogens with two attached hydrogens (primary N) is 1. The molecular formula is C15H22N2. The minimum absolute atomic E-state index is 0.0818. The Morgan fingerprint density at radius 2 is 1.94 bits per heavy atom. The molecule has 1 aromatic heterocycles. The molecule has 17 heavy (non-hydrogen) atoms. The van der Waals surface area contributed by atoms with Gasteiger partial charge in [0, 0.05) is 29.2 Å². The van der Waals surface area contributed by atoms with Crippen molar-refractivity contribution < 1.29 is 0 Å². The molecule has 1 aromatic carbocycles. The van der Waals surface area contributed by atoms with E-state index in [1.165, 1.54) is 22.2 Å². The second kappa shape index (κ2) is 4.19. The lowest BCUT2D eigenvalue weighted by molar-refractivity contribution is 0.477. The van der Waals surface area contributed by atoms with Gasteiger partial charge in [0.25, 0.3) is 0 Å². The smallest absolute Gasteiger partial charge is 0.0479 e. The molecule has 2 N–H and O–H groups in total. The molecule has 0 saturated carbocycles. The molecule has 0 unspecified atom stereocenters. The van der Waals surface area contributed by atoms with Gasteiger partial charge in [0.2, 0.25) is 0 Å². The van der Waals surface area contributed by atoms with Gasteiger partial charge in [-0.25, -0.2) is 0 Å². The fourth-order valence-corrected chi connectivity index (χ4v) is 2.16. The zero-order valence-corrected chi connectivity index (χ0v) is 11.2. The first-order valence-electron chi connectivity index (χ1n) is 6.21. The third kappa shape index (κ3) is 2.70. The zero-order chi connectivity index (χ0) is 12.6. The Bertz CT molecular complexity index is 530. The topological polar surface area (TPSA) is 30.9 Å². The summed E-state index contributed by atoms with van der Waals surface area (Å²) < 4.78 is 2.23. The van der Waals surface area contributed by atoms with Crippen molar-refractivity contribution in [2.45, 2.75) is 39.2 Å². The SMILES string of the molecule is Cc1cc2cc(CCC(C)(C)N)ccc2n1C. The van der Waals surface area contributed by atoms with Gasteiger partial charge in [-0.2, -0.15) is 0 Å². The highest BCUT2D eigenvalue weighted by Crippen LogP contribution is 2.21. The normalized spacial score (nSPS) is 12.3. The standard InChI is InChI=1S/C15H22N2/c1-11-9-13-10-12(7-8-15(2,3)16)5-6-14(13)17(11)4/h5-6,9-10H,7-8,16H2,1-4H3. The van der Waals surface area contributed by atoms with Crippen molar-refractivity contribution in [2.24, 2.45) is 12.8 Å². The average Bonchev–Trinajstić information content (AvgIpc) is 2.51. The van der Waals surface area contributed by atoms with Gasteiger partial charge in [-0.15, -0.1) is 0 Å². The van der Waals surface area contributed by atoms with E-state index in [9.17, 15) is 0 Å². The highest BCUT2D eigenvalue weighted by molar-refractivity contribution is 5.82. The summed E-state index contributed by atoms with van der Waals surface area (Å²) in [5, 5.41) is 1.33. The van der Waals surface area contributed by atoms with Gasteiger partial charge in [-0.1, -0.05) is 6.07 Å². The summed E-state index contributed by atoms with van der Waals surface area (Å²) in [5.74, 6) is 0. The van der Waals surface area contributed by atoms with Crippen LogP contribution in [0.3, 0.4) is 0 Å². The van der Waals surface area contributed by atoms with Crippen LogP contribution >= 0.6 is 0 Å². The monoisotopic (exact) mass is 230 g/mol. The Balaban J connectivity index is 2.26. The predicted molar refractivity (Wildman–Crippen MR) is 74.2 cm³/mol. The first kappa shape index (κ1) is 12.2. The summed E-state index contributed by atoms with van der Waals surface area (Å²) >= 11 is 0. The number of nitrogens with zero attached hydrogens (tertiary/aromatic N) is 1. The Morgan fingerprint density at radius 3 is 2.59 bits per heavy atom. The first-order valence-corrected chi connectivity index (χ1v) is 6.21. The Kier molecular flexibility index (Phi) is 3.00. The summed E-state index contributed by atoms with van der Waals surface area (Å²) in [7, 11) is 2.11. The van der Waals surface area contributed by atoms with Crippen LogP contribution in [0, 0.1) is 6.92 Å². The molecule has 0 radical (unpaired) electrons. The molecule has 1 heterocycles. The molecule has 0 atom stereocenters. The van der Waals surface area contributed by atoms with Gasteiger partial charge in [0.05, 0.1) is 0 Å². The largest absolute Gasteiger partial charge is 0.348 e. The maximum absolute atomic E-state index is 6.02. The van der Waals surface area contributed by atoms with Crippen LogP contribution in [0.5, 0.6) is 0 Å². The molecule has 0 fully saturated rings. The second-order valence-corrected chi connectivity index (χ2v) is 5.73. The number of hydrogen-bond donors (Lipinski definition) is 1. The summed E-state index contributed by atoms with van der Waals surface area (Å²) in [6.07, 6.45) is 2.07. The van der Waals surface area contributed by atoms with Crippen LogP contribution in [0.1, 0.15) is 31.5 Å². The van der Waals surface area contributed by atoms with Crippen molar-refractivity contribution in [1.29, 1.82) is 0 Å². The lowest BCUT2D eigenvalue weighted by atomic mass is 9.96. The molecule has 2 rings (SSSR count). The summed E-state index contributed by atoms with van der Waals surface area (Å²) in [6.45, 7) is 6.30. The number of fused-ring (bicyclic) bond motifs is 1. The van der Waals surface area contributed by atoms with Gasteiger partial charge < -0.3 is 10.3 Å². The second-order valence-electron chi connectivity index (χ2n) is 5.73. The van der Waals surface area contributed by atoms with Crippen LogP contribution < -0.4 is 5.73 Å². The molecule has 0 saturated heterocycles. The van der Waals surface area contributed by atoms with E-state index >= 15 is 0 Å². The molecule has 0 aliphatic rings. The van der Waals surface area contributed by atoms with Gasteiger partial charge >= 0.3 is 0 Å². The van der Waals surface area contributed by atoms with E-state index in [0.717, 1.165) is 12.8 Å².